The molecule has 6 rings (SSSR count). The zero-order chi connectivity index (χ0) is 23.4. The predicted molar refractivity (Wildman–Crippen MR) is 139 cm³/mol. The van der Waals surface area contributed by atoms with E-state index in [1.54, 1.807) is 5.01 Å². The number of hydrogen-bond donors (Lipinski definition) is 0. The van der Waals surface area contributed by atoms with Crippen molar-refractivity contribution < 1.29 is 4.79 Å². The zero-order valence-electron chi connectivity index (χ0n) is 18.8. The third kappa shape index (κ3) is 3.22. The molecule has 3 aliphatic rings. The summed E-state index contributed by atoms with van der Waals surface area (Å²) in [6, 6.07) is 23.5. The van der Waals surface area contributed by atoms with Gasteiger partial charge in [0.25, 0.3) is 5.91 Å². The highest BCUT2D eigenvalue weighted by atomic mass is 35.5. The molecule has 0 radical (unpaired) electrons. The van der Waals surface area contributed by atoms with E-state index < -0.39 is 5.41 Å². The van der Waals surface area contributed by atoms with E-state index >= 15 is 0 Å². The first-order valence-corrected chi connectivity index (χ1v) is 12.2. The van der Waals surface area contributed by atoms with Gasteiger partial charge in [0.2, 0.25) is 0 Å². The molecule has 5 nitrogen and oxygen atoms in total. The van der Waals surface area contributed by atoms with Crippen LogP contribution in [-0.2, 0) is 11.2 Å². The van der Waals surface area contributed by atoms with Crippen LogP contribution in [0.15, 0.2) is 77.9 Å². The molecule has 172 valence electrons. The molecule has 0 bridgehead atoms. The van der Waals surface area contributed by atoms with Crippen LogP contribution in [0.25, 0.3) is 0 Å². The Morgan fingerprint density at radius 3 is 2.47 bits per heavy atom. The summed E-state index contributed by atoms with van der Waals surface area (Å²) < 4.78 is 0. The van der Waals surface area contributed by atoms with Crippen molar-refractivity contribution in [2.24, 2.45) is 10.5 Å². The minimum absolute atomic E-state index is 0.0275. The van der Waals surface area contributed by atoms with Crippen molar-refractivity contribution in [2.45, 2.75) is 19.4 Å². The highest BCUT2D eigenvalue weighted by Crippen LogP contribution is 2.49. The Bertz CT molecular complexity index is 1310. The molecule has 3 heterocycles. The van der Waals surface area contributed by atoms with Crippen molar-refractivity contribution in [3.63, 3.8) is 0 Å². The molecule has 1 amide bonds. The molecule has 0 aliphatic carbocycles. The van der Waals surface area contributed by atoms with Gasteiger partial charge >= 0.3 is 0 Å². The van der Waals surface area contributed by atoms with Crippen LogP contribution in [0.3, 0.4) is 0 Å². The normalized spacial score (nSPS) is 23.7. The Morgan fingerprint density at radius 1 is 0.912 bits per heavy atom. The number of piperazine rings is 1. The first-order valence-electron chi connectivity index (χ1n) is 11.5. The molecule has 0 aromatic heterocycles. The van der Waals surface area contributed by atoms with Crippen LogP contribution in [0, 0.1) is 5.41 Å². The Labute approximate surface area is 209 Å². The maximum atomic E-state index is 14.2. The highest BCUT2D eigenvalue weighted by molar-refractivity contribution is 6.31. The quantitative estimate of drug-likeness (QED) is 0.465. The number of halogens is 2. The van der Waals surface area contributed by atoms with Gasteiger partial charge in [0.1, 0.15) is 5.41 Å². The fourth-order valence-corrected chi connectivity index (χ4v) is 6.08. The molecule has 0 N–H and O–H groups in total. The Kier molecular flexibility index (Phi) is 5.08. The largest absolute Gasteiger partial charge is 0.368 e. The number of hydrogen-bond acceptors (Lipinski definition) is 4. The van der Waals surface area contributed by atoms with E-state index in [-0.39, 0.29) is 11.9 Å². The number of hydrazone groups is 1. The SMILES string of the molecule is CC1=NN(c2ccccc2)C(=O)[C@]12Cc1ccc(Cl)cc1N1CCN(c3cccc(Cl)c3)C[C@H]12. The Balaban J connectivity index is 1.46. The van der Waals surface area contributed by atoms with E-state index in [4.69, 9.17) is 28.3 Å². The number of amides is 1. The Hall–Kier alpha value is -3.02. The minimum Gasteiger partial charge on any atom is -0.368 e. The van der Waals surface area contributed by atoms with E-state index in [1.165, 1.54) is 0 Å². The van der Waals surface area contributed by atoms with Gasteiger partial charge in [-0.1, -0.05) is 53.5 Å². The fourth-order valence-electron chi connectivity index (χ4n) is 5.73. The summed E-state index contributed by atoms with van der Waals surface area (Å²) >= 11 is 12.7. The maximum absolute atomic E-state index is 14.2. The second-order valence-electron chi connectivity index (χ2n) is 9.19. The lowest BCUT2D eigenvalue weighted by molar-refractivity contribution is -0.125. The summed E-state index contributed by atoms with van der Waals surface area (Å²) in [5.41, 5.74) is 4.21. The summed E-state index contributed by atoms with van der Waals surface area (Å²) in [7, 11) is 0. The summed E-state index contributed by atoms with van der Waals surface area (Å²) in [5.74, 6) is 0.0275. The van der Waals surface area contributed by atoms with Gasteiger partial charge in [-0.05, 0) is 61.4 Å². The van der Waals surface area contributed by atoms with Crippen LogP contribution in [0.5, 0.6) is 0 Å². The molecule has 0 saturated carbocycles. The van der Waals surface area contributed by atoms with Gasteiger partial charge in [0.05, 0.1) is 17.4 Å². The van der Waals surface area contributed by atoms with Crippen LogP contribution < -0.4 is 14.8 Å². The van der Waals surface area contributed by atoms with E-state index in [0.717, 1.165) is 41.4 Å². The molecule has 3 aromatic rings. The number of anilines is 3. The number of fused-ring (bicyclic) bond motifs is 4. The van der Waals surface area contributed by atoms with Crippen LogP contribution in [0.1, 0.15) is 12.5 Å². The van der Waals surface area contributed by atoms with Crippen molar-refractivity contribution in [3.8, 4) is 0 Å². The third-order valence-corrected chi connectivity index (χ3v) is 7.89. The number of rotatable bonds is 2. The van der Waals surface area contributed by atoms with Crippen LogP contribution in [0.4, 0.5) is 17.1 Å². The van der Waals surface area contributed by atoms with E-state index in [0.29, 0.717) is 23.0 Å². The van der Waals surface area contributed by atoms with E-state index in [9.17, 15) is 4.79 Å². The highest BCUT2D eigenvalue weighted by Gasteiger charge is 2.60. The lowest BCUT2D eigenvalue weighted by Crippen LogP contribution is -2.67. The molecule has 3 aliphatic heterocycles. The number of carbonyl (C=O) groups excluding carboxylic acids is 1. The van der Waals surface area contributed by atoms with Crippen LogP contribution in [0.2, 0.25) is 10.0 Å². The molecule has 1 fully saturated rings. The summed E-state index contributed by atoms with van der Waals surface area (Å²) in [5, 5.41) is 7.82. The Morgan fingerprint density at radius 2 is 1.68 bits per heavy atom. The minimum atomic E-state index is -0.756. The van der Waals surface area contributed by atoms with Crippen LogP contribution in [-0.4, -0.2) is 37.3 Å². The zero-order valence-corrected chi connectivity index (χ0v) is 20.3. The molecule has 0 unspecified atom stereocenters. The third-order valence-electron chi connectivity index (χ3n) is 7.42. The van der Waals surface area contributed by atoms with Crippen molar-refractivity contribution in [3.05, 3.63) is 88.4 Å². The molecular weight excluding hydrogens is 467 g/mol. The summed E-state index contributed by atoms with van der Waals surface area (Å²) in [6.45, 7) is 4.29. The molecule has 2 atom stereocenters. The van der Waals surface area contributed by atoms with Gasteiger partial charge < -0.3 is 9.80 Å². The van der Waals surface area contributed by atoms with Gasteiger partial charge in [-0.25, -0.2) is 0 Å². The van der Waals surface area contributed by atoms with Gasteiger partial charge in [-0.3, -0.25) is 4.79 Å². The molecular formula is C27H24Cl2N4O. The van der Waals surface area contributed by atoms with Crippen molar-refractivity contribution >= 4 is 51.9 Å². The summed E-state index contributed by atoms with van der Waals surface area (Å²) in [6.07, 6.45) is 0.599. The van der Waals surface area contributed by atoms with Gasteiger partial charge in [0, 0.05) is 41.1 Å². The van der Waals surface area contributed by atoms with Gasteiger partial charge in [-0.2, -0.15) is 10.1 Å². The predicted octanol–water partition coefficient (Wildman–Crippen LogP) is 5.65. The topological polar surface area (TPSA) is 39.2 Å². The molecule has 34 heavy (non-hydrogen) atoms. The monoisotopic (exact) mass is 490 g/mol. The maximum Gasteiger partial charge on any atom is 0.261 e. The van der Waals surface area contributed by atoms with Gasteiger partial charge in [0.15, 0.2) is 0 Å². The second-order valence-corrected chi connectivity index (χ2v) is 10.1. The molecule has 1 saturated heterocycles. The van der Waals surface area contributed by atoms with Crippen molar-refractivity contribution in [1.29, 1.82) is 0 Å². The van der Waals surface area contributed by atoms with Gasteiger partial charge in [-0.15, -0.1) is 0 Å². The number of nitrogens with zero attached hydrogens (tertiary/aromatic N) is 4. The molecule has 3 aromatic carbocycles. The fraction of sp³-hybridized carbons (Fsp3) is 0.259. The van der Waals surface area contributed by atoms with Crippen molar-refractivity contribution in [2.75, 3.05) is 34.4 Å². The smallest absolute Gasteiger partial charge is 0.261 e. The first kappa shape index (κ1) is 21.5. The van der Waals surface area contributed by atoms with E-state index in [2.05, 4.69) is 21.9 Å². The average molecular weight is 491 g/mol. The lowest BCUT2D eigenvalue weighted by atomic mass is 9.67. The van der Waals surface area contributed by atoms with Crippen LogP contribution >= 0.6 is 23.2 Å². The first-order chi connectivity index (χ1) is 16.5. The number of benzene rings is 3. The second kappa shape index (κ2) is 8.03. The average Bonchev–Trinajstić information content (AvgIpc) is 3.10. The molecule has 7 heteroatoms. The summed E-state index contributed by atoms with van der Waals surface area (Å²) in [4.78, 5) is 18.9. The van der Waals surface area contributed by atoms with Crippen molar-refractivity contribution in [1.82, 2.24) is 0 Å². The van der Waals surface area contributed by atoms with E-state index in [1.807, 2.05) is 67.6 Å². The number of carbonyl (C=O) groups is 1. The number of para-hydroxylation sites is 1. The molecule has 1 spiro atoms. The lowest BCUT2D eigenvalue weighted by Gasteiger charge is -2.53. The standard InChI is InChI=1S/C27H24Cl2N4O/c1-18-27(26(34)33(30-18)22-7-3-2-4-8-22)16-19-10-11-21(29)15-24(19)32-13-12-31(17-25(27)32)23-9-5-6-20(28)14-23/h2-11,14-15,25H,12-13,16-17H2,1H3/t25-,27+/m0/s1.